The van der Waals surface area contributed by atoms with Crippen LogP contribution in [0.5, 0.6) is 0 Å². The fraction of sp³-hybridized carbons (Fsp3) is 0. The summed E-state index contributed by atoms with van der Waals surface area (Å²) in [5.41, 5.74) is 23.3. The van der Waals surface area contributed by atoms with Gasteiger partial charge in [0.15, 0.2) is 11.6 Å². The van der Waals surface area contributed by atoms with E-state index in [1.807, 2.05) is 30.6 Å². The van der Waals surface area contributed by atoms with E-state index in [1.165, 1.54) is 81.7 Å². The largest absolute Gasteiger partial charge is 0.264 e. The van der Waals surface area contributed by atoms with Gasteiger partial charge in [-0.05, 0) is 175 Å². The molecule has 0 aliphatic carbocycles. The van der Waals surface area contributed by atoms with E-state index in [2.05, 4.69) is 356 Å². The molecule has 4 heterocycles. The van der Waals surface area contributed by atoms with Crippen molar-refractivity contribution in [2.45, 2.75) is 0 Å². The quantitative estimate of drug-likeness (QED) is 0.113. The zero-order valence-electron chi connectivity index (χ0n) is 56.6. The van der Waals surface area contributed by atoms with Gasteiger partial charge in [-0.3, -0.25) is 9.97 Å². The van der Waals surface area contributed by atoms with Gasteiger partial charge in [0.2, 0.25) is 0 Å². The number of pyridine rings is 2. The number of benzene rings is 15. The first-order valence-corrected chi connectivity index (χ1v) is 35.1. The van der Waals surface area contributed by atoms with Crippen molar-refractivity contribution in [1.29, 1.82) is 0 Å². The molecule has 104 heavy (non-hydrogen) atoms. The summed E-state index contributed by atoms with van der Waals surface area (Å²) in [5.74, 6) is 1.37. The highest BCUT2D eigenvalue weighted by atomic mass is 14.9. The Morgan fingerprint density at radius 1 is 0.154 bits per heavy atom. The van der Waals surface area contributed by atoms with Crippen LogP contribution >= 0.6 is 0 Å². The molecule has 0 fully saturated rings. The maximum absolute atomic E-state index is 5.24. The molecule has 0 saturated carbocycles. The Labute approximate surface area is 603 Å². The third-order valence-electron chi connectivity index (χ3n) is 19.8. The Morgan fingerprint density at radius 3 is 0.971 bits per heavy atom. The SMILES string of the molecule is c1ccc(-c2ccc(-c3nc(-c4ccc(-c5cccnc5)cc4)cc(-c4cccc(-c5cc6ccccc6c6ccccc56)c4)n3)cc2)cc1.c1cncc(-c2ccc(-c3cc(-c4ccc(-c5ccc6ccccc6c5)cc4)nc(-c4cccc(-c5cc6ccccc6c6ccccc56)c4)n3)cc2)c1. The van der Waals surface area contributed by atoms with Crippen LogP contribution < -0.4 is 0 Å². The molecule has 0 spiro atoms. The number of nitrogens with zero attached hydrogens (tertiary/aromatic N) is 6. The van der Waals surface area contributed by atoms with Crippen molar-refractivity contribution in [2.24, 2.45) is 0 Å². The number of rotatable bonds is 12. The second kappa shape index (κ2) is 27.6. The van der Waals surface area contributed by atoms with E-state index in [4.69, 9.17) is 19.9 Å². The summed E-state index contributed by atoms with van der Waals surface area (Å²) in [5, 5.41) is 12.4. The normalized spacial score (nSPS) is 11.3. The molecule has 0 amide bonds. The van der Waals surface area contributed by atoms with Crippen molar-refractivity contribution in [1.82, 2.24) is 29.9 Å². The highest BCUT2D eigenvalue weighted by Gasteiger charge is 2.18. The lowest BCUT2D eigenvalue weighted by atomic mass is 9.92. The van der Waals surface area contributed by atoms with Crippen LogP contribution in [-0.4, -0.2) is 29.9 Å². The molecule has 6 nitrogen and oxygen atoms in total. The van der Waals surface area contributed by atoms with Gasteiger partial charge in [0, 0.05) is 58.2 Å². The van der Waals surface area contributed by atoms with E-state index >= 15 is 0 Å². The van der Waals surface area contributed by atoms with Crippen molar-refractivity contribution >= 4 is 53.9 Å². The van der Waals surface area contributed by atoms with Crippen LogP contribution in [0.1, 0.15) is 0 Å². The minimum Gasteiger partial charge on any atom is -0.264 e. The van der Waals surface area contributed by atoms with Gasteiger partial charge in [-0.15, -0.1) is 0 Å². The van der Waals surface area contributed by atoms with Gasteiger partial charge in [0.1, 0.15) is 0 Å². The third-order valence-corrected chi connectivity index (χ3v) is 19.8. The summed E-state index contributed by atoms with van der Waals surface area (Å²) in [4.78, 5) is 29.4. The van der Waals surface area contributed by atoms with Gasteiger partial charge in [-0.1, -0.05) is 309 Å². The summed E-state index contributed by atoms with van der Waals surface area (Å²) in [7, 11) is 0. The van der Waals surface area contributed by atoms with Gasteiger partial charge < -0.3 is 0 Å². The van der Waals surface area contributed by atoms with E-state index in [1.54, 1.807) is 12.4 Å². The Kier molecular flexibility index (Phi) is 16.6. The summed E-state index contributed by atoms with van der Waals surface area (Å²) < 4.78 is 0. The molecule has 15 aromatic carbocycles. The molecular weight excluding hydrogens is 1260 g/mol. The van der Waals surface area contributed by atoms with Gasteiger partial charge in [0.05, 0.1) is 22.8 Å². The fourth-order valence-electron chi connectivity index (χ4n) is 14.4. The summed E-state index contributed by atoms with van der Waals surface area (Å²) in [6, 6.07) is 129. The second-order valence-electron chi connectivity index (χ2n) is 26.2. The van der Waals surface area contributed by atoms with E-state index in [9.17, 15) is 0 Å². The van der Waals surface area contributed by atoms with Crippen LogP contribution in [0.25, 0.3) is 188 Å². The van der Waals surface area contributed by atoms with Gasteiger partial charge in [-0.2, -0.15) is 0 Å². The highest BCUT2D eigenvalue weighted by Crippen LogP contribution is 2.41. The van der Waals surface area contributed by atoms with Crippen molar-refractivity contribution in [2.75, 3.05) is 0 Å². The maximum atomic E-state index is 5.24. The molecule has 19 rings (SSSR count). The van der Waals surface area contributed by atoms with Crippen LogP contribution in [0.3, 0.4) is 0 Å². The van der Waals surface area contributed by atoms with Crippen LogP contribution in [0.2, 0.25) is 0 Å². The average Bonchev–Trinajstić information content (AvgIpc) is 0.770. The lowest BCUT2D eigenvalue weighted by Crippen LogP contribution is -1.96. The molecule has 486 valence electrons. The third kappa shape index (κ3) is 12.6. The Balaban J connectivity index is 0.000000149. The smallest absolute Gasteiger partial charge is 0.160 e. The van der Waals surface area contributed by atoms with E-state index in [0.29, 0.717) is 11.6 Å². The predicted molar refractivity (Wildman–Crippen MR) is 432 cm³/mol. The van der Waals surface area contributed by atoms with Crippen LogP contribution in [0, 0.1) is 0 Å². The molecule has 0 radical (unpaired) electrons. The molecule has 0 N–H and O–H groups in total. The molecule has 19 aromatic rings. The lowest BCUT2D eigenvalue weighted by Gasteiger charge is -2.13. The molecule has 0 saturated heterocycles. The Bertz CT molecular complexity index is 6260. The molecule has 0 atom stereocenters. The van der Waals surface area contributed by atoms with Crippen molar-refractivity contribution in [3.63, 3.8) is 0 Å². The number of aromatic nitrogens is 6. The predicted octanol–water partition coefficient (Wildman–Crippen LogP) is 25.5. The van der Waals surface area contributed by atoms with Gasteiger partial charge in [0.25, 0.3) is 0 Å². The van der Waals surface area contributed by atoms with E-state index in [-0.39, 0.29) is 0 Å². The summed E-state index contributed by atoms with van der Waals surface area (Å²) in [6.45, 7) is 0. The molecule has 0 unspecified atom stereocenters. The van der Waals surface area contributed by atoms with Gasteiger partial charge in [-0.25, -0.2) is 19.9 Å². The standard InChI is InChI=1S/C51H33N3.C47H31N3/c1-2-10-39-29-40(27-22-34(39)9-1)35-18-23-37(24-19-35)49-32-50(38-25-20-36(21-26-38)44-14-8-28-52-33-44)54-51(53-49)43-13-7-12-41(30-43)48-31-42-11-3-4-15-45(42)46-16-5-6-17-47(46)48;1-2-10-32(11-3-1)33-21-25-36(26-22-33)47-49-45(35-23-19-34(20-24-35)40-15-9-27-48-31-40)30-46(50-47)39-14-8-13-37(28-39)44-29-38-12-4-5-16-41(38)42-17-6-7-18-43(42)44/h1-33H;1-31H. The topological polar surface area (TPSA) is 77.3 Å². The maximum Gasteiger partial charge on any atom is 0.160 e. The monoisotopic (exact) mass is 1320 g/mol. The molecule has 0 aliphatic rings. The molecule has 0 aliphatic heterocycles. The minimum atomic E-state index is 0.685. The fourth-order valence-corrected chi connectivity index (χ4v) is 14.4. The molecule has 0 bridgehead atoms. The zero-order valence-corrected chi connectivity index (χ0v) is 56.6. The van der Waals surface area contributed by atoms with Gasteiger partial charge >= 0.3 is 0 Å². The minimum absolute atomic E-state index is 0.685. The number of hydrogen-bond acceptors (Lipinski definition) is 6. The number of hydrogen-bond donors (Lipinski definition) is 0. The molecule has 4 aromatic heterocycles. The van der Waals surface area contributed by atoms with Crippen molar-refractivity contribution in [3.05, 3.63) is 389 Å². The van der Waals surface area contributed by atoms with Crippen LogP contribution in [-0.2, 0) is 0 Å². The van der Waals surface area contributed by atoms with Crippen molar-refractivity contribution < 1.29 is 0 Å². The summed E-state index contributed by atoms with van der Waals surface area (Å²) >= 11 is 0. The van der Waals surface area contributed by atoms with Crippen molar-refractivity contribution in [3.8, 4) is 135 Å². The first-order chi connectivity index (χ1) is 51.5. The zero-order chi connectivity index (χ0) is 69.1. The van der Waals surface area contributed by atoms with E-state index < -0.39 is 0 Å². The Hall–Kier alpha value is -13.9. The first kappa shape index (κ1) is 62.3. The number of fused-ring (bicyclic) bond motifs is 7. The molecule has 6 heteroatoms. The van der Waals surface area contributed by atoms with E-state index in [0.717, 1.165) is 95.1 Å². The van der Waals surface area contributed by atoms with Crippen LogP contribution in [0.4, 0.5) is 0 Å². The summed E-state index contributed by atoms with van der Waals surface area (Å²) in [6.07, 6.45) is 7.38. The molecular formula is C98H64N6. The second-order valence-corrected chi connectivity index (χ2v) is 26.2. The van der Waals surface area contributed by atoms with Crippen LogP contribution in [0.15, 0.2) is 389 Å². The average molecular weight is 1330 g/mol. The highest BCUT2D eigenvalue weighted by molar-refractivity contribution is 6.15. The lowest BCUT2D eigenvalue weighted by molar-refractivity contribution is 1.18. The first-order valence-electron chi connectivity index (χ1n) is 35.1. The Morgan fingerprint density at radius 2 is 0.481 bits per heavy atom.